The zero-order valence-corrected chi connectivity index (χ0v) is 20.8. The lowest BCUT2D eigenvalue weighted by Gasteiger charge is -2.42. The maximum absolute atomic E-state index is 12.9. The summed E-state index contributed by atoms with van der Waals surface area (Å²) in [6, 6.07) is 25.1. The lowest BCUT2D eigenvalue weighted by molar-refractivity contribution is -0.113. The predicted octanol–water partition coefficient (Wildman–Crippen LogP) is 3.74. The van der Waals surface area contributed by atoms with Gasteiger partial charge >= 0.3 is 17.9 Å². The van der Waals surface area contributed by atoms with Gasteiger partial charge in [0.1, 0.15) is 24.3 Å². The standard InChI is InChI=1S/C28H26O8S/c1-33-28-24(36-27(32)20-15-9-4-10-16-20)22(29)23(35-26(31)19-13-7-3-8-14-19)21(37-28)17-34-25(30)18-11-5-2-6-12-18/h2-16,21-24,28-29H,17H2,1H3/t21-,22+,23-,24+,28+/m1/s1. The summed E-state index contributed by atoms with van der Waals surface area (Å²) in [5, 5.41) is 10.6. The summed E-state index contributed by atoms with van der Waals surface area (Å²) in [5.41, 5.74) is 0.132. The average molecular weight is 523 g/mol. The Hall–Kier alpha value is -3.66. The van der Waals surface area contributed by atoms with Crippen LogP contribution >= 0.6 is 11.8 Å². The summed E-state index contributed by atoms with van der Waals surface area (Å²) in [6.07, 6.45) is -3.77. The molecule has 3 aromatic carbocycles. The van der Waals surface area contributed by atoms with Gasteiger partial charge in [0.25, 0.3) is 0 Å². The first-order valence-electron chi connectivity index (χ1n) is 11.6. The lowest BCUT2D eigenvalue weighted by Crippen LogP contribution is -2.57. The topological polar surface area (TPSA) is 108 Å². The summed E-state index contributed by atoms with van der Waals surface area (Å²) in [5.74, 6) is -1.89. The van der Waals surface area contributed by atoms with Crippen LogP contribution in [0.5, 0.6) is 0 Å². The fourth-order valence-electron chi connectivity index (χ4n) is 3.84. The van der Waals surface area contributed by atoms with Gasteiger partial charge in [-0.2, -0.15) is 0 Å². The molecule has 8 nitrogen and oxygen atoms in total. The van der Waals surface area contributed by atoms with Gasteiger partial charge in [0.2, 0.25) is 0 Å². The van der Waals surface area contributed by atoms with E-state index in [2.05, 4.69) is 0 Å². The number of hydrogen-bond acceptors (Lipinski definition) is 9. The van der Waals surface area contributed by atoms with E-state index in [9.17, 15) is 19.5 Å². The Morgan fingerprint density at radius 1 is 0.703 bits per heavy atom. The third-order valence-electron chi connectivity index (χ3n) is 5.74. The summed E-state index contributed by atoms with van der Waals surface area (Å²) < 4.78 is 22.3. The molecular weight excluding hydrogens is 496 g/mol. The number of carbonyl (C=O) groups is 3. The molecular formula is C28H26O8S. The Kier molecular flexibility index (Phi) is 8.95. The monoisotopic (exact) mass is 522 g/mol. The fourth-order valence-corrected chi connectivity index (χ4v) is 5.18. The first-order valence-corrected chi connectivity index (χ1v) is 12.5. The van der Waals surface area contributed by atoms with E-state index in [-0.39, 0.29) is 12.2 Å². The van der Waals surface area contributed by atoms with Crippen molar-refractivity contribution in [2.75, 3.05) is 13.7 Å². The number of thioether (sulfide) groups is 1. The molecule has 1 saturated heterocycles. The fraction of sp³-hybridized carbons (Fsp3) is 0.250. The predicted molar refractivity (Wildman–Crippen MR) is 136 cm³/mol. The molecule has 1 aliphatic heterocycles. The third kappa shape index (κ3) is 6.56. The number of aliphatic hydroxyl groups is 1. The number of carbonyl (C=O) groups excluding carboxylic acids is 3. The van der Waals surface area contributed by atoms with Crippen LogP contribution in [0.25, 0.3) is 0 Å². The molecule has 0 aliphatic carbocycles. The van der Waals surface area contributed by atoms with Gasteiger partial charge in [0.15, 0.2) is 6.10 Å². The van der Waals surface area contributed by atoms with Gasteiger partial charge in [0, 0.05) is 7.11 Å². The lowest BCUT2D eigenvalue weighted by atomic mass is 10.0. The summed E-state index contributed by atoms with van der Waals surface area (Å²) >= 11 is 1.15. The van der Waals surface area contributed by atoms with Crippen molar-refractivity contribution < 1.29 is 38.4 Å². The number of hydrogen-bond donors (Lipinski definition) is 1. The minimum absolute atomic E-state index is 0.179. The molecule has 0 radical (unpaired) electrons. The number of ether oxygens (including phenoxy) is 4. The van der Waals surface area contributed by atoms with E-state index in [0.29, 0.717) is 11.1 Å². The molecule has 1 N–H and O–H groups in total. The van der Waals surface area contributed by atoms with Crippen LogP contribution in [-0.2, 0) is 18.9 Å². The van der Waals surface area contributed by atoms with Gasteiger partial charge in [0.05, 0.1) is 21.9 Å². The molecule has 1 fully saturated rings. The quantitative estimate of drug-likeness (QED) is 0.350. The molecule has 0 aromatic heterocycles. The van der Waals surface area contributed by atoms with Crippen LogP contribution in [0.3, 0.4) is 0 Å². The van der Waals surface area contributed by atoms with Crippen molar-refractivity contribution in [2.24, 2.45) is 0 Å². The van der Waals surface area contributed by atoms with Gasteiger partial charge in [-0.05, 0) is 36.4 Å². The Morgan fingerprint density at radius 2 is 1.14 bits per heavy atom. The van der Waals surface area contributed by atoms with Crippen molar-refractivity contribution >= 4 is 29.7 Å². The first-order chi connectivity index (χ1) is 18.0. The van der Waals surface area contributed by atoms with Crippen LogP contribution in [0.1, 0.15) is 31.1 Å². The van der Waals surface area contributed by atoms with Crippen LogP contribution in [0, 0.1) is 0 Å². The Labute approximate surface area is 218 Å². The zero-order valence-electron chi connectivity index (χ0n) is 20.0. The van der Waals surface area contributed by atoms with Crippen LogP contribution in [0.2, 0.25) is 0 Å². The minimum Gasteiger partial charge on any atom is -0.461 e. The Balaban J connectivity index is 1.55. The van der Waals surface area contributed by atoms with Gasteiger partial charge < -0.3 is 24.1 Å². The van der Waals surface area contributed by atoms with E-state index in [1.165, 1.54) is 7.11 Å². The van der Waals surface area contributed by atoms with Gasteiger partial charge in [-0.25, -0.2) is 14.4 Å². The van der Waals surface area contributed by atoms with Crippen molar-refractivity contribution in [2.45, 2.75) is 29.0 Å². The molecule has 4 rings (SSSR count). The molecule has 0 bridgehead atoms. The van der Waals surface area contributed by atoms with Gasteiger partial charge in [-0.15, -0.1) is 11.8 Å². The average Bonchev–Trinajstić information content (AvgIpc) is 2.95. The highest BCUT2D eigenvalue weighted by Crippen LogP contribution is 2.37. The van der Waals surface area contributed by atoms with E-state index in [1.54, 1.807) is 91.0 Å². The van der Waals surface area contributed by atoms with Crippen LogP contribution in [0.15, 0.2) is 91.0 Å². The zero-order chi connectivity index (χ0) is 26.2. The smallest absolute Gasteiger partial charge is 0.338 e. The van der Waals surface area contributed by atoms with E-state index in [0.717, 1.165) is 11.8 Å². The minimum atomic E-state index is -1.45. The highest BCUT2D eigenvalue weighted by Gasteiger charge is 2.50. The SMILES string of the molecule is CO[C@H]1S[C@H](COC(=O)c2ccccc2)[C@@H](OC(=O)c2ccccc2)[C@H](O)[C@@H]1OC(=O)c1ccccc1. The van der Waals surface area contributed by atoms with E-state index in [1.807, 2.05) is 0 Å². The largest absolute Gasteiger partial charge is 0.461 e. The van der Waals surface area contributed by atoms with Crippen molar-refractivity contribution in [3.63, 3.8) is 0 Å². The highest BCUT2D eigenvalue weighted by molar-refractivity contribution is 8.00. The molecule has 192 valence electrons. The van der Waals surface area contributed by atoms with Crippen molar-refractivity contribution in [3.05, 3.63) is 108 Å². The van der Waals surface area contributed by atoms with Gasteiger partial charge in [-0.1, -0.05) is 54.6 Å². The van der Waals surface area contributed by atoms with Crippen molar-refractivity contribution in [1.29, 1.82) is 0 Å². The molecule has 0 spiro atoms. The molecule has 1 aliphatic rings. The van der Waals surface area contributed by atoms with E-state index in [4.69, 9.17) is 18.9 Å². The Morgan fingerprint density at radius 3 is 1.59 bits per heavy atom. The van der Waals surface area contributed by atoms with Crippen molar-refractivity contribution in [3.8, 4) is 0 Å². The second-order valence-electron chi connectivity index (χ2n) is 8.21. The van der Waals surface area contributed by atoms with Crippen molar-refractivity contribution in [1.82, 2.24) is 0 Å². The maximum atomic E-state index is 12.9. The first kappa shape index (κ1) is 26.4. The Bertz CT molecular complexity index is 1190. The number of esters is 3. The molecule has 1 heterocycles. The maximum Gasteiger partial charge on any atom is 0.338 e. The van der Waals surface area contributed by atoms with Crippen LogP contribution in [0.4, 0.5) is 0 Å². The second-order valence-corrected chi connectivity index (χ2v) is 9.55. The molecule has 3 aromatic rings. The van der Waals surface area contributed by atoms with Crippen LogP contribution in [-0.4, -0.2) is 65.7 Å². The number of rotatable bonds is 8. The highest BCUT2D eigenvalue weighted by atomic mass is 32.2. The number of methoxy groups -OCH3 is 1. The summed E-state index contributed by atoms with van der Waals surface area (Å²) in [6.45, 7) is -0.179. The molecule has 0 unspecified atom stereocenters. The molecule has 37 heavy (non-hydrogen) atoms. The molecule has 9 heteroatoms. The second kappa shape index (κ2) is 12.5. The molecule has 0 amide bonds. The van der Waals surface area contributed by atoms with Gasteiger partial charge in [-0.3, -0.25) is 0 Å². The summed E-state index contributed by atoms with van der Waals surface area (Å²) in [4.78, 5) is 38.2. The summed E-state index contributed by atoms with van der Waals surface area (Å²) in [7, 11) is 1.41. The number of aliphatic hydroxyl groups excluding tert-OH is 1. The normalized spacial score (nSPS) is 23.0. The van der Waals surface area contributed by atoms with E-state index < -0.39 is 46.9 Å². The molecule has 5 atom stereocenters. The third-order valence-corrected chi connectivity index (χ3v) is 7.23. The number of benzene rings is 3. The van der Waals surface area contributed by atoms with E-state index >= 15 is 0 Å². The molecule has 0 saturated carbocycles. The van der Waals surface area contributed by atoms with Crippen LogP contribution < -0.4 is 0 Å².